The van der Waals surface area contributed by atoms with Crippen LogP contribution < -0.4 is 0 Å². The van der Waals surface area contributed by atoms with Crippen LogP contribution in [0.5, 0.6) is 0 Å². The average Bonchev–Trinajstić information content (AvgIpc) is 2.28. The minimum absolute atomic E-state index is 0.0761. The molecule has 1 heterocycles. The van der Waals surface area contributed by atoms with Gasteiger partial charge >= 0.3 is 6.09 Å². The number of fused-ring (bicyclic) bond motifs is 1. The predicted molar refractivity (Wildman–Crippen MR) is 81.0 cm³/mol. The molecule has 20 heavy (non-hydrogen) atoms. The van der Waals surface area contributed by atoms with Crippen LogP contribution in [0.1, 0.15) is 56.0 Å². The highest BCUT2D eigenvalue weighted by molar-refractivity contribution is 5.69. The number of carbonyl (C=O) groups excluding carboxylic acids is 1. The topological polar surface area (TPSA) is 29.5 Å². The largest absolute Gasteiger partial charge is 0.444 e. The van der Waals surface area contributed by atoms with Crippen molar-refractivity contribution in [1.29, 1.82) is 0 Å². The summed E-state index contributed by atoms with van der Waals surface area (Å²) >= 11 is 0. The molecule has 3 nitrogen and oxygen atoms in total. The lowest BCUT2D eigenvalue weighted by Gasteiger charge is -2.37. The zero-order chi connectivity index (χ0) is 15.1. The molecule has 1 unspecified atom stereocenters. The first kappa shape index (κ1) is 14.9. The number of hydrogen-bond donors (Lipinski definition) is 0. The molecule has 0 fully saturated rings. The molecule has 1 aromatic rings. The van der Waals surface area contributed by atoms with Crippen LogP contribution in [0, 0.1) is 13.8 Å². The number of aryl methyl sites for hydroxylation is 2. The molecule has 110 valence electrons. The first-order valence-corrected chi connectivity index (χ1v) is 7.28. The Morgan fingerprint density at radius 3 is 2.55 bits per heavy atom. The molecule has 1 aliphatic rings. The SMILES string of the molecule is Cc1cc(C)c2c(c1)C(C)N(C(=O)OC(C)(C)C)CC2. The molecule has 3 heteroatoms. The van der Waals surface area contributed by atoms with Gasteiger partial charge in [0.1, 0.15) is 5.60 Å². The highest BCUT2D eigenvalue weighted by Gasteiger charge is 2.31. The third kappa shape index (κ3) is 2.97. The second-order valence-corrected chi connectivity index (χ2v) is 6.75. The van der Waals surface area contributed by atoms with Gasteiger partial charge in [0.15, 0.2) is 0 Å². The van der Waals surface area contributed by atoms with Crippen molar-refractivity contribution in [2.24, 2.45) is 0 Å². The van der Waals surface area contributed by atoms with Crippen molar-refractivity contribution in [3.8, 4) is 0 Å². The molecule has 0 aromatic heterocycles. The van der Waals surface area contributed by atoms with Crippen LogP contribution in [0.25, 0.3) is 0 Å². The fourth-order valence-corrected chi connectivity index (χ4v) is 2.91. The van der Waals surface area contributed by atoms with Crippen LogP contribution in [0.4, 0.5) is 4.79 Å². The maximum absolute atomic E-state index is 12.3. The Morgan fingerprint density at radius 1 is 1.30 bits per heavy atom. The minimum atomic E-state index is -0.445. The van der Waals surface area contributed by atoms with Crippen molar-refractivity contribution in [3.05, 3.63) is 34.4 Å². The van der Waals surface area contributed by atoms with E-state index in [0.29, 0.717) is 0 Å². The summed E-state index contributed by atoms with van der Waals surface area (Å²) in [5, 5.41) is 0. The predicted octanol–water partition coefficient (Wildman–Crippen LogP) is 4.16. The summed E-state index contributed by atoms with van der Waals surface area (Å²) in [5.74, 6) is 0. The van der Waals surface area contributed by atoms with E-state index in [1.165, 1.54) is 22.3 Å². The van der Waals surface area contributed by atoms with E-state index in [1.54, 1.807) is 0 Å². The highest BCUT2D eigenvalue weighted by atomic mass is 16.6. The van der Waals surface area contributed by atoms with Gasteiger partial charge in [0, 0.05) is 6.54 Å². The van der Waals surface area contributed by atoms with E-state index in [0.717, 1.165) is 13.0 Å². The Hall–Kier alpha value is -1.51. The number of benzene rings is 1. The normalized spacial score (nSPS) is 18.7. The second kappa shape index (κ2) is 5.12. The van der Waals surface area contributed by atoms with Crippen LogP contribution in [0.2, 0.25) is 0 Å². The first-order chi connectivity index (χ1) is 9.19. The average molecular weight is 275 g/mol. The highest BCUT2D eigenvalue weighted by Crippen LogP contribution is 2.33. The first-order valence-electron chi connectivity index (χ1n) is 7.28. The summed E-state index contributed by atoms with van der Waals surface area (Å²) in [7, 11) is 0. The maximum atomic E-state index is 12.3. The number of amides is 1. The molecule has 1 atom stereocenters. The summed E-state index contributed by atoms with van der Waals surface area (Å²) in [5.41, 5.74) is 4.79. The zero-order valence-corrected chi connectivity index (χ0v) is 13.4. The number of hydrogen-bond acceptors (Lipinski definition) is 2. The summed E-state index contributed by atoms with van der Waals surface area (Å²) < 4.78 is 5.51. The smallest absolute Gasteiger partial charge is 0.410 e. The Bertz CT molecular complexity index is 529. The van der Waals surface area contributed by atoms with Crippen LogP contribution in [-0.2, 0) is 11.2 Å². The number of carbonyl (C=O) groups is 1. The molecule has 0 radical (unpaired) electrons. The maximum Gasteiger partial charge on any atom is 0.410 e. The quantitative estimate of drug-likeness (QED) is 0.711. The Labute approximate surface area is 121 Å². The fourth-order valence-electron chi connectivity index (χ4n) is 2.91. The van der Waals surface area contributed by atoms with Crippen molar-refractivity contribution in [3.63, 3.8) is 0 Å². The summed E-state index contributed by atoms with van der Waals surface area (Å²) in [6.07, 6.45) is 0.695. The molecule has 0 spiro atoms. The summed E-state index contributed by atoms with van der Waals surface area (Å²) in [4.78, 5) is 14.1. The molecule has 1 amide bonds. The monoisotopic (exact) mass is 275 g/mol. The molecule has 2 rings (SSSR count). The van der Waals surface area contributed by atoms with E-state index < -0.39 is 5.60 Å². The molecule has 0 bridgehead atoms. The van der Waals surface area contributed by atoms with E-state index in [9.17, 15) is 4.79 Å². The van der Waals surface area contributed by atoms with E-state index >= 15 is 0 Å². The Balaban J connectivity index is 2.28. The summed E-state index contributed by atoms with van der Waals surface area (Å²) in [6.45, 7) is 12.8. The molecule has 0 aliphatic carbocycles. The van der Waals surface area contributed by atoms with Crippen molar-refractivity contribution in [1.82, 2.24) is 4.90 Å². The van der Waals surface area contributed by atoms with Gasteiger partial charge in [-0.15, -0.1) is 0 Å². The van der Waals surface area contributed by atoms with Crippen LogP contribution in [0.3, 0.4) is 0 Å². The number of nitrogens with zero attached hydrogens (tertiary/aromatic N) is 1. The van der Waals surface area contributed by atoms with Gasteiger partial charge in [-0.05, 0) is 64.7 Å². The molecular weight excluding hydrogens is 250 g/mol. The van der Waals surface area contributed by atoms with Gasteiger partial charge in [-0.1, -0.05) is 17.7 Å². The lowest BCUT2D eigenvalue weighted by atomic mass is 9.89. The van der Waals surface area contributed by atoms with Crippen molar-refractivity contribution in [2.45, 2.75) is 59.6 Å². The van der Waals surface area contributed by atoms with E-state index in [-0.39, 0.29) is 12.1 Å². The fraction of sp³-hybridized carbons (Fsp3) is 0.588. The molecule has 0 N–H and O–H groups in total. The van der Waals surface area contributed by atoms with E-state index in [4.69, 9.17) is 4.74 Å². The van der Waals surface area contributed by atoms with Gasteiger partial charge < -0.3 is 9.64 Å². The van der Waals surface area contributed by atoms with Crippen LogP contribution in [-0.4, -0.2) is 23.1 Å². The van der Waals surface area contributed by atoms with Crippen LogP contribution in [0.15, 0.2) is 12.1 Å². The number of rotatable bonds is 0. The van der Waals surface area contributed by atoms with Gasteiger partial charge in [0.25, 0.3) is 0 Å². The van der Waals surface area contributed by atoms with Crippen LogP contribution >= 0.6 is 0 Å². The van der Waals surface area contributed by atoms with E-state index in [1.807, 2.05) is 25.7 Å². The lowest BCUT2D eigenvalue weighted by Crippen LogP contribution is -2.42. The Kier molecular flexibility index (Phi) is 3.81. The van der Waals surface area contributed by atoms with Gasteiger partial charge in [-0.2, -0.15) is 0 Å². The van der Waals surface area contributed by atoms with E-state index in [2.05, 4.69) is 32.9 Å². The van der Waals surface area contributed by atoms with Gasteiger partial charge in [0.2, 0.25) is 0 Å². The van der Waals surface area contributed by atoms with Gasteiger partial charge in [-0.3, -0.25) is 0 Å². The molecular formula is C17H25NO2. The second-order valence-electron chi connectivity index (χ2n) is 6.75. The third-order valence-electron chi connectivity index (χ3n) is 3.80. The Morgan fingerprint density at radius 2 is 1.95 bits per heavy atom. The zero-order valence-electron chi connectivity index (χ0n) is 13.4. The molecule has 0 saturated carbocycles. The number of ether oxygens (including phenoxy) is 1. The third-order valence-corrected chi connectivity index (χ3v) is 3.80. The van der Waals surface area contributed by atoms with Gasteiger partial charge in [0.05, 0.1) is 6.04 Å². The molecule has 1 aliphatic heterocycles. The van der Waals surface area contributed by atoms with Crippen molar-refractivity contribution >= 4 is 6.09 Å². The molecule has 1 aromatic carbocycles. The standard InChI is InChI=1S/C17H25NO2/c1-11-9-12(2)14-7-8-18(13(3)15(14)10-11)16(19)20-17(4,5)6/h9-10,13H,7-8H2,1-6H3. The lowest BCUT2D eigenvalue weighted by molar-refractivity contribution is 0.0159. The minimum Gasteiger partial charge on any atom is -0.444 e. The summed E-state index contributed by atoms with van der Waals surface area (Å²) in [6, 6.07) is 4.49. The van der Waals surface area contributed by atoms with Gasteiger partial charge in [-0.25, -0.2) is 4.79 Å². The van der Waals surface area contributed by atoms with Crippen molar-refractivity contribution in [2.75, 3.05) is 6.54 Å². The van der Waals surface area contributed by atoms with Crippen molar-refractivity contribution < 1.29 is 9.53 Å². The molecule has 0 saturated heterocycles.